The van der Waals surface area contributed by atoms with E-state index in [2.05, 4.69) is 10.6 Å². The fourth-order valence-electron chi connectivity index (χ4n) is 6.63. The third-order valence-corrected chi connectivity index (χ3v) is 7.32. The molecule has 5 rings (SSSR count). The summed E-state index contributed by atoms with van der Waals surface area (Å²) < 4.78 is 5.11. The van der Waals surface area contributed by atoms with Gasteiger partial charge in [-0.05, 0) is 70.1 Å². The summed E-state index contributed by atoms with van der Waals surface area (Å²) in [6.45, 7) is 3.01. The lowest BCUT2D eigenvalue weighted by atomic mass is 9.49. The maximum absolute atomic E-state index is 13.6. The van der Waals surface area contributed by atoms with E-state index < -0.39 is 42.1 Å². The van der Waals surface area contributed by atoms with E-state index in [9.17, 15) is 24.3 Å². The number of β-amino-alcohol motifs (C(OH)–C–C–N with tert-alkyl or cyclic N) is 1. The molecule has 0 aromatic rings. The van der Waals surface area contributed by atoms with Crippen molar-refractivity contribution in [1.82, 2.24) is 15.5 Å². The number of nitrogens with one attached hydrogen (secondary N) is 2. The molecule has 0 aromatic carbocycles. The molecule has 1 saturated heterocycles. The number of amides is 4. The summed E-state index contributed by atoms with van der Waals surface area (Å²) in [5.74, 6) is 0.278. The standard InChI is InChI=1S/C22H33N3O6/c1-12(2)23-21(30)24-18(27)11-31-19(28)17-6-16(26)10-25(17)20(29)22-7-13-3-14(8-22)5-15(4-13)9-22/h12-17,26H,3-11H2,1-2H3,(H2,23,24,27,30). The Hall–Kier alpha value is -2.16. The molecule has 3 N–H and O–H groups in total. The summed E-state index contributed by atoms with van der Waals surface area (Å²) in [7, 11) is 0. The summed E-state index contributed by atoms with van der Waals surface area (Å²) in [4.78, 5) is 51.3. The average molecular weight is 436 g/mol. The summed E-state index contributed by atoms with van der Waals surface area (Å²) in [6, 6.07) is -1.70. The van der Waals surface area contributed by atoms with E-state index >= 15 is 0 Å². The third kappa shape index (κ3) is 4.56. The van der Waals surface area contributed by atoms with Gasteiger partial charge in [0.15, 0.2) is 6.61 Å². The predicted molar refractivity (Wildman–Crippen MR) is 109 cm³/mol. The summed E-state index contributed by atoms with van der Waals surface area (Å²) >= 11 is 0. The fourth-order valence-corrected chi connectivity index (χ4v) is 6.63. The highest BCUT2D eigenvalue weighted by Gasteiger charge is 2.57. The molecule has 9 nitrogen and oxygen atoms in total. The van der Waals surface area contributed by atoms with Gasteiger partial charge in [0, 0.05) is 19.0 Å². The van der Waals surface area contributed by atoms with E-state index in [1.807, 2.05) is 0 Å². The Morgan fingerprint density at radius 2 is 1.61 bits per heavy atom. The number of esters is 1. The highest BCUT2D eigenvalue weighted by molar-refractivity contribution is 5.96. The number of ether oxygens (including phenoxy) is 1. The Morgan fingerprint density at radius 1 is 1.03 bits per heavy atom. The average Bonchev–Trinajstić information content (AvgIpc) is 3.05. The van der Waals surface area contributed by atoms with Gasteiger partial charge in [0.1, 0.15) is 6.04 Å². The van der Waals surface area contributed by atoms with Crippen molar-refractivity contribution in [3.05, 3.63) is 0 Å². The van der Waals surface area contributed by atoms with Crippen LogP contribution in [0.4, 0.5) is 4.79 Å². The summed E-state index contributed by atoms with van der Waals surface area (Å²) in [5.41, 5.74) is -0.413. The largest absolute Gasteiger partial charge is 0.454 e. The van der Waals surface area contributed by atoms with Crippen LogP contribution in [-0.4, -0.2) is 65.2 Å². The van der Waals surface area contributed by atoms with E-state index in [4.69, 9.17) is 4.74 Å². The molecule has 2 atom stereocenters. The number of aliphatic hydroxyl groups is 1. The van der Waals surface area contributed by atoms with E-state index in [-0.39, 0.29) is 24.9 Å². The van der Waals surface area contributed by atoms with Crippen LogP contribution in [0.5, 0.6) is 0 Å². The van der Waals surface area contributed by atoms with E-state index in [0.29, 0.717) is 17.8 Å². The first kappa shape index (κ1) is 22.0. The van der Waals surface area contributed by atoms with Crippen molar-refractivity contribution in [1.29, 1.82) is 0 Å². The SMILES string of the molecule is CC(C)NC(=O)NC(=O)COC(=O)C1CC(O)CN1C(=O)C12CC3CC(CC(C3)C1)C2. The van der Waals surface area contributed by atoms with E-state index in [1.54, 1.807) is 13.8 Å². The highest BCUT2D eigenvalue weighted by Crippen LogP contribution is 2.60. The maximum atomic E-state index is 13.6. The van der Waals surface area contributed by atoms with E-state index in [0.717, 1.165) is 19.3 Å². The van der Waals surface area contributed by atoms with Gasteiger partial charge >= 0.3 is 12.0 Å². The molecule has 4 amide bonds. The lowest BCUT2D eigenvalue weighted by Crippen LogP contribution is -2.56. The molecular weight excluding hydrogens is 402 g/mol. The van der Waals surface area contributed by atoms with Gasteiger partial charge in [-0.2, -0.15) is 0 Å². The van der Waals surface area contributed by atoms with Crippen LogP contribution in [0.25, 0.3) is 0 Å². The van der Waals surface area contributed by atoms with Gasteiger partial charge in [-0.15, -0.1) is 0 Å². The molecule has 0 aromatic heterocycles. The number of hydrogen-bond donors (Lipinski definition) is 3. The van der Waals surface area contributed by atoms with Gasteiger partial charge in [-0.1, -0.05) is 0 Å². The van der Waals surface area contributed by atoms with Crippen LogP contribution in [0.15, 0.2) is 0 Å². The number of carbonyl (C=O) groups is 4. The molecule has 5 aliphatic rings. The zero-order valence-electron chi connectivity index (χ0n) is 18.3. The van der Waals surface area contributed by atoms with Crippen molar-refractivity contribution < 1.29 is 29.0 Å². The van der Waals surface area contributed by atoms with Crippen molar-refractivity contribution in [3.63, 3.8) is 0 Å². The Morgan fingerprint density at radius 3 is 2.16 bits per heavy atom. The van der Waals surface area contributed by atoms with Crippen molar-refractivity contribution in [2.24, 2.45) is 23.2 Å². The molecule has 0 spiro atoms. The van der Waals surface area contributed by atoms with Crippen LogP contribution in [-0.2, 0) is 19.1 Å². The first-order valence-electron chi connectivity index (χ1n) is 11.4. The van der Waals surface area contributed by atoms with Gasteiger partial charge in [-0.3, -0.25) is 14.9 Å². The van der Waals surface area contributed by atoms with Crippen molar-refractivity contribution >= 4 is 23.8 Å². The summed E-state index contributed by atoms with van der Waals surface area (Å²) in [5, 5.41) is 14.8. The Labute approximate surface area is 182 Å². The number of imide groups is 1. The second-order valence-corrected chi connectivity index (χ2v) is 10.3. The molecule has 4 bridgehead atoms. The molecule has 9 heteroatoms. The minimum absolute atomic E-state index is 0.0362. The molecule has 4 aliphatic carbocycles. The van der Waals surface area contributed by atoms with Gasteiger partial charge in [0.05, 0.1) is 11.5 Å². The monoisotopic (exact) mass is 435 g/mol. The van der Waals surface area contributed by atoms with Crippen molar-refractivity contribution in [3.8, 4) is 0 Å². The first-order valence-corrected chi connectivity index (χ1v) is 11.4. The lowest BCUT2D eigenvalue weighted by molar-refractivity contribution is -0.166. The predicted octanol–water partition coefficient (Wildman–Crippen LogP) is 0.942. The molecular formula is C22H33N3O6. The Bertz CT molecular complexity index is 731. The first-order chi connectivity index (χ1) is 14.6. The van der Waals surface area contributed by atoms with Gasteiger partial charge in [-0.25, -0.2) is 9.59 Å². The van der Waals surface area contributed by atoms with Gasteiger partial charge in [0.2, 0.25) is 5.91 Å². The molecule has 172 valence electrons. The molecule has 4 saturated carbocycles. The van der Waals surface area contributed by atoms with Gasteiger partial charge in [0.25, 0.3) is 5.91 Å². The minimum Gasteiger partial charge on any atom is -0.454 e. The quantitative estimate of drug-likeness (QED) is 0.552. The second kappa shape index (κ2) is 8.41. The third-order valence-electron chi connectivity index (χ3n) is 7.32. The minimum atomic E-state index is -0.896. The summed E-state index contributed by atoms with van der Waals surface area (Å²) in [6.07, 6.45) is 5.56. The van der Waals surface area contributed by atoms with Crippen LogP contribution in [0, 0.1) is 23.2 Å². The molecule has 0 radical (unpaired) electrons. The molecule has 1 aliphatic heterocycles. The smallest absolute Gasteiger partial charge is 0.329 e. The highest BCUT2D eigenvalue weighted by atomic mass is 16.5. The molecule has 31 heavy (non-hydrogen) atoms. The zero-order valence-corrected chi connectivity index (χ0v) is 18.3. The number of hydrogen-bond acceptors (Lipinski definition) is 6. The van der Waals surface area contributed by atoms with Crippen LogP contribution < -0.4 is 10.6 Å². The number of carbonyl (C=O) groups excluding carboxylic acids is 4. The number of urea groups is 1. The van der Waals surface area contributed by atoms with E-state index in [1.165, 1.54) is 24.2 Å². The Balaban J connectivity index is 1.37. The second-order valence-electron chi connectivity index (χ2n) is 10.3. The molecule has 1 heterocycles. The lowest BCUT2D eigenvalue weighted by Gasteiger charge is -2.56. The van der Waals surface area contributed by atoms with Crippen molar-refractivity contribution in [2.45, 2.75) is 77.0 Å². The normalized spacial score (nSPS) is 35.9. The van der Waals surface area contributed by atoms with Gasteiger partial charge < -0.3 is 20.1 Å². The topological polar surface area (TPSA) is 125 Å². The number of likely N-dealkylation sites (tertiary alicyclic amines) is 1. The van der Waals surface area contributed by atoms with Crippen LogP contribution in [0.1, 0.15) is 58.8 Å². The van der Waals surface area contributed by atoms with Crippen LogP contribution >= 0.6 is 0 Å². The fraction of sp³-hybridized carbons (Fsp3) is 0.818. The number of aliphatic hydroxyl groups excluding tert-OH is 1. The van der Waals surface area contributed by atoms with Crippen molar-refractivity contribution in [2.75, 3.05) is 13.2 Å². The number of nitrogens with zero attached hydrogens (tertiary/aromatic N) is 1. The Kier molecular flexibility index (Phi) is 5.98. The number of rotatable bonds is 5. The van der Waals surface area contributed by atoms with Crippen LogP contribution in [0.2, 0.25) is 0 Å². The van der Waals surface area contributed by atoms with Crippen LogP contribution in [0.3, 0.4) is 0 Å². The maximum Gasteiger partial charge on any atom is 0.329 e. The zero-order chi connectivity index (χ0) is 22.3. The molecule has 2 unspecified atom stereocenters. The molecule has 5 fully saturated rings.